The maximum Gasteiger partial charge on any atom is 0.335 e. The van der Waals surface area contributed by atoms with E-state index in [2.05, 4.69) is 10.6 Å². The Morgan fingerprint density at radius 2 is 1.75 bits per heavy atom. The van der Waals surface area contributed by atoms with Crippen LogP contribution in [0.25, 0.3) is 0 Å². The van der Waals surface area contributed by atoms with Crippen molar-refractivity contribution in [1.29, 1.82) is 0 Å². The molecule has 0 saturated carbocycles. The summed E-state index contributed by atoms with van der Waals surface area (Å²) in [5, 5.41) is 14.1. The molecule has 8 nitrogen and oxygen atoms in total. The van der Waals surface area contributed by atoms with Crippen LogP contribution in [0, 0.1) is 0 Å². The van der Waals surface area contributed by atoms with Gasteiger partial charge in [0.1, 0.15) is 0 Å². The number of aromatic carboxylic acids is 1. The first-order valence-corrected chi connectivity index (χ1v) is 7.75. The molecule has 3 amide bonds. The minimum Gasteiger partial charge on any atom is -0.478 e. The number of carboxylic acids is 1. The Hall–Kier alpha value is -2.61. The van der Waals surface area contributed by atoms with Gasteiger partial charge in [-0.05, 0) is 17.7 Å². The van der Waals surface area contributed by atoms with Gasteiger partial charge in [0.05, 0.1) is 18.8 Å². The van der Waals surface area contributed by atoms with Gasteiger partial charge in [-0.15, -0.1) is 0 Å². The highest BCUT2D eigenvalue weighted by Crippen LogP contribution is 2.04. The summed E-state index contributed by atoms with van der Waals surface area (Å²) in [4.78, 5) is 36.1. The lowest BCUT2D eigenvalue weighted by Gasteiger charge is -2.26. The quantitative estimate of drug-likeness (QED) is 0.699. The molecule has 1 aromatic rings. The van der Waals surface area contributed by atoms with Crippen LogP contribution >= 0.6 is 0 Å². The number of morpholine rings is 1. The van der Waals surface area contributed by atoms with Gasteiger partial charge in [0, 0.05) is 32.6 Å². The largest absolute Gasteiger partial charge is 0.478 e. The summed E-state index contributed by atoms with van der Waals surface area (Å²) in [6.45, 7) is 2.85. The van der Waals surface area contributed by atoms with Crippen LogP contribution in [0.3, 0.4) is 0 Å². The zero-order chi connectivity index (χ0) is 17.4. The predicted octanol–water partition coefficient (Wildman–Crippen LogP) is 0.433. The standard InChI is InChI=1S/C16H21N3O5/c20-14(19-7-9-24-10-8-19)5-6-17-16(23)18-11-12-1-3-13(4-2-12)15(21)22/h1-4H,5-11H2,(H,21,22)(H2,17,18,23). The zero-order valence-electron chi connectivity index (χ0n) is 13.3. The molecular weight excluding hydrogens is 314 g/mol. The molecule has 1 fully saturated rings. The summed E-state index contributed by atoms with van der Waals surface area (Å²) in [7, 11) is 0. The van der Waals surface area contributed by atoms with Crippen LogP contribution in [0.4, 0.5) is 4.79 Å². The average molecular weight is 335 g/mol. The van der Waals surface area contributed by atoms with Crippen LogP contribution in [0.15, 0.2) is 24.3 Å². The van der Waals surface area contributed by atoms with Crippen molar-refractivity contribution in [3.8, 4) is 0 Å². The lowest BCUT2D eigenvalue weighted by Crippen LogP contribution is -2.43. The van der Waals surface area contributed by atoms with Crippen molar-refractivity contribution < 1.29 is 24.2 Å². The van der Waals surface area contributed by atoms with Crippen molar-refractivity contribution in [3.05, 3.63) is 35.4 Å². The molecular formula is C16H21N3O5. The van der Waals surface area contributed by atoms with Gasteiger partial charge < -0.3 is 25.4 Å². The predicted molar refractivity (Wildman–Crippen MR) is 85.7 cm³/mol. The van der Waals surface area contributed by atoms with Gasteiger partial charge >= 0.3 is 12.0 Å². The molecule has 1 aliphatic heterocycles. The van der Waals surface area contributed by atoms with E-state index in [4.69, 9.17) is 9.84 Å². The third-order valence-electron chi connectivity index (χ3n) is 3.64. The molecule has 0 aromatic heterocycles. The molecule has 0 atom stereocenters. The second-order valence-corrected chi connectivity index (χ2v) is 5.35. The van der Waals surface area contributed by atoms with Crippen LogP contribution in [0.5, 0.6) is 0 Å². The van der Waals surface area contributed by atoms with Crippen molar-refractivity contribution in [3.63, 3.8) is 0 Å². The normalized spacial score (nSPS) is 14.1. The van der Waals surface area contributed by atoms with Crippen LogP contribution in [-0.2, 0) is 16.1 Å². The van der Waals surface area contributed by atoms with E-state index in [1.165, 1.54) is 12.1 Å². The molecule has 0 bridgehead atoms. The third-order valence-corrected chi connectivity index (χ3v) is 3.64. The molecule has 3 N–H and O–H groups in total. The highest BCUT2D eigenvalue weighted by atomic mass is 16.5. The summed E-state index contributed by atoms with van der Waals surface area (Å²) in [5.41, 5.74) is 0.990. The first-order valence-electron chi connectivity index (χ1n) is 7.75. The maximum atomic E-state index is 11.9. The second kappa shape index (κ2) is 8.88. The topological polar surface area (TPSA) is 108 Å². The van der Waals surface area contributed by atoms with Gasteiger partial charge in [0.25, 0.3) is 0 Å². The number of hydrogen-bond acceptors (Lipinski definition) is 4. The molecule has 8 heteroatoms. The Morgan fingerprint density at radius 1 is 1.08 bits per heavy atom. The Labute approximate surface area is 139 Å². The second-order valence-electron chi connectivity index (χ2n) is 5.35. The highest BCUT2D eigenvalue weighted by molar-refractivity contribution is 5.87. The Kier molecular flexibility index (Phi) is 6.56. The number of carbonyl (C=O) groups is 3. The summed E-state index contributed by atoms with van der Waals surface area (Å²) >= 11 is 0. The van der Waals surface area contributed by atoms with Gasteiger partial charge in [0.2, 0.25) is 5.91 Å². The van der Waals surface area contributed by atoms with Crippen molar-refractivity contribution >= 4 is 17.9 Å². The lowest BCUT2D eigenvalue weighted by molar-refractivity contribution is -0.135. The van der Waals surface area contributed by atoms with Gasteiger partial charge in [-0.3, -0.25) is 4.79 Å². The molecule has 0 aliphatic carbocycles. The number of rotatable bonds is 6. The van der Waals surface area contributed by atoms with E-state index in [9.17, 15) is 14.4 Å². The summed E-state index contributed by atoms with van der Waals surface area (Å²) in [6, 6.07) is 5.89. The number of hydrogen-bond donors (Lipinski definition) is 3. The molecule has 130 valence electrons. The van der Waals surface area contributed by atoms with Gasteiger partial charge in [-0.2, -0.15) is 0 Å². The van der Waals surface area contributed by atoms with Crippen molar-refractivity contribution in [2.75, 3.05) is 32.8 Å². The van der Waals surface area contributed by atoms with Crippen LogP contribution in [-0.4, -0.2) is 60.8 Å². The molecule has 0 spiro atoms. The lowest BCUT2D eigenvalue weighted by atomic mass is 10.1. The number of benzene rings is 1. The number of nitrogens with zero attached hydrogens (tertiary/aromatic N) is 1. The molecule has 0 unspecified atom stereocenters. The van der Waals surface area contributed by atoms with E-state index in [1.54, 1.807) is 17.0 Å². The number of carboxylic acid groups (broad SMARTS) is 1. The van der Waals surface area contributed by atoms with Crippen molar-refractivity contribution in [1.82, 2.24) is 15.5 Å². The van der Waals surface area contributed by atoms with E-state index in [1.807, 2.05) is 0 Å². The average Bonchev–Trinajstić information content (AvgIpc) is 2.61. The van der Waals surface area contributed by atoms with E-state index < -0.39 is 5.97 Å². The van der Waals surface area contributed by atoms with E-state index in [0.717, 1.165) is 5.56 Å². The van der Waals surface area contributed by atoms with Crippen molar-refractivity contribution in [2.45, 2.75) is 13.0 Å². The fourth-order valence-electron chi connectivity index (χ4n) is 2.26. The van der Waals surface area contributed by atoms with E-state index >= 15 is 0 Å². The van der Waals surface area contributed by atoms with Gasteiger partial charge in [-0.25, -0.2) is 9.59 Å². The molecule has 2 rings (SSSR count). The SMILES string of the molecule is O=C(NCCC(=O)N1CCOCC1)NCc1ccc(C(=O)O)cc1. The van der Waals surface area contributed by atoms with Gasteiger partial charge in [-0.1, -0.05) is 12.1 Å². The molecule has 1 heterocycles. The number of amides is 3. The monoisotopic (exact) mass is 335 g/mol. The maximum absolute atomic E-state index is 11.9. The van der Waals surface area contributed by atoms with Crippen molar-refractivity contribution in [2.24, 2.45) is 0 Å². The number of ether oxygens (including phenoxy) is 1. The summed E-state index contributed by atoms with van der Waals surface area (Å²) in [5.74, 6) is -0.986. The minimum atomic E-state index is -0.989. The molecule has 1 aromatic carbocycles. The number of urea groups is 1. The number of nitrogens with one attached hydrogen (secondary N) is 2. The fourth-order valence-corrected chi connectivity index (χ4v) is 2.26. The minimum absolute atomic E-state index is 0.00265. The highest BCUT2D eigenvalue weighted by Gasteiger charge is 2.16. The molecule has 0 radical (unpaired) electrons. The molecule has 1 aliphatic rings. The third kappa shape index (κ3) is 5.54. The smallest absolute Gasteiger partial charge is 0.335 e. The molecule has 24 heavy (non-hydrogen) atoms. The number of carbonyl (C=O) groups excluding carboxylic acids is 2. The first kappa shape index (κ1) is 17.7. The fraction of sp³-hybridized carbons (Fsp3) is 0.438. The van der Waals surface area contributed by atoms with E-state index in [0.29, 0.717) is 26.3 Å². The Morgan fingerprint density at radius 3 is 2.38 bits per heavy atom. The van der Waals surface area contributed by atoms with Crippen LogP contribution in [0.2, 0.25) is 0 Å². The first-order chi connectivity index (χ1) is 11.6. The van der Waals surface area contributed by atoms with E-state index in [-0.39, 0.29) is 37.0 Å². The summed E-state index contributed by atoms with van der Waals surface area (Å²) in [6.07, 6.45) is 0.251. The van der Waals surface area contributed by atoms with Crippen LogP contribution in [0.1, 0.15) is 22.3 Å². The zero-order valence-corrected chi connectivity index (χ0v) is 13.3. The summed E-state index contributed by atoms with van der Waals surface area (Å²) < 4.78 is 5.18. The molecule has 1 saturated heterocycles. The Balaban J connectivity index is 1.64. The Bertz CT molecular complexity index is 582. The van der Waals surface area contributed by atoms with Crippen LogP contribution < -0.4 is 10.6 Å². The van der Waals surface area contributed by atoms with Gasteiger partial charge in [0.15, 0.2) is 0 Å².